The molecule has 0 radical (unpaired) electrons. The highest BCUT2D eigenvalue weighted by atomic mass is 32.2. The van der Waals surface area contributed by atoms with Crippen LogP contribution in [0, 0.1) is 10.8 Å². The Labute approximate surface area is 244 Å². The van der Waals surface area contributed by atoms with Gasteiger partial charge in [-0.3, -0.25) is 4.79 Å². The van der Waals surface area contributed by atoms with Crippen molar-refractivity contribution in [3.8, 4) is 0 Å². The Morgan fingerprint density at radius 3 is 1.79 bits per heavy atom. The van der Waals surface area contributed by atoms with Gasteiger partial charge in [0.1, 0.15) is 0 Å². The van der Waals surface area contributed by atoms with Gasteiger partial charge in [0.05, 0.1) is 0 Å². The van der Waals surface area contributed by atoms with Crippen LogP contribution in [0.4, 0.5) is 0 Å². The molecule has 0 saturated heterocycles. The molecule has 0 aromatic rings. The van der Waals surface area contributed by atoms with Crippen LogP contribution >= 0.6 is 11.8 Å². The maximum Gasteiger partial charge on any atom is 0.224 e. The summed E-state index contributed by atoms with van der Waals surface area (Å²) in [5, 5.41) is 0.336. The number of carbonyl (C=O) groups excluding carboxylic acids is 1. The molecule has 0 bridgehead atoms. The maximum absolute atomic E-state index is 13.7. The zero-order chi connectivity index (χ0) is 28.9. The molecule has 0 rings (SSSR count). The van der Waals surface area contributed by atoms with Gasteiger partial charge in [-0.2, -0.15) is 11.8 Å². The first-order valence-corrected chi connectivity index (χ1v) is 17.3. The average Bonchev–Trinajstić information content (AvgIpc) is 2.87. The lowest BCUT2D eigenvalue weighted by molar-refractivity contribution is -0.132. The summed E-state index contributed by atoms with van der Waals surface area (Å²) in [6.07, 6.45) is 22.0. The van der Waals surface area contributed by atoms with Crippen LogP contribution in [-0.4, -0.2) is 60.4 Å². The molecule has 0 aromatic heterocycles. The summed E-state index contributed by atoms with van der Waals surface area (Å²) in [6.45, 7) is 20.5. The zero-order valence-electron chi connectivity index (χ0n) is 27.2. The van der Waals surface area contributed by atoms with Crippen molar-refractivity contribution < 1.29 is 4.79 Å². The first-order chi connectivity index (χ1) is 18.1. The Balaban J connectivity index is 5.38. The third-order valence-electron chi connectivity index (χ3n) is 8.42. The Kier molecular flexibility index (Phi) is 22.0. The number of unbranched alkanes of at least 4 members (excludes halogenated alkanes) is 8. The van der Waals surface area contributed by atoms with Gasteiger partial charge >= 0.3 is 0 Å². The van der Waals surface area contributed by atoms with Crippen LogP contribution in [-0.2, 0) is 4.79 Å². The van der Waals surface area contributed by atoms with Gasteiger partial charge in [-0.1, -0.05) is 118 Å². The van der Waals surface area contributed by atoms with E-state index in [1.165, 1.54) is 95.6 Å². The van der Waals surface area contributed by atoms with Crippen molar-refractivity contribution in [2.75, 3.05) is 39.5 Å². The lowest BCUT2D eigenvalue weighted by atomic mass is 9.81. The SMILES string of the molecule is C=CCN(CC(C)(CC)CCCCC)C(=O)CC(CN(C)C)SCC(C)(CCCCCC)CCCCCC. The van der Waals surface area contributed by atoms with E-state index in [9.17, 15) is 4.79 Å². The van der Waals surface area contributed by atoms with E-state index in [1.54, 1.807) is 0 Å². The van der Waals surface area contributed by atoms with Crippen LogP contribution in [0.3, 0.4) is 0 Å². The van der Waals surface area contributed by atoms with Crippen LogP contribution in [0.2, 0.25) is 0 Å². The number of thioether (sulfide) groups is 1. The van der Waals surface area contributed by atoms with Gasteiger partial charge in [0, 0.05) is 31.3 Å². The molecule has 4 heteroatoms. The van der Waals surface area contributed by atoms with Crippen LogP contribution in [0.1, 0.15) is 144 Å². The van der Waals surface area contributed by atoms with Crippen molar-refractivity contribution in [2.24, 2.45) is 10.8 Å². The van der Waals surface area contributed by atoms with Crippen molar-refractivity contribution in [3.05, 3.63) is 12.7 Å². The summed E-state index contributed by atoms with van der Waals surface area (Å²) in [6, 6.07) is 0. The second kappa shape index (κ2) is 22.2. The molecular formula is C34H68N2OS. The fourth-order valence-corrected chi connectivity index (χ4v) is 7.08. The number of amides is 1. The average molecular weight is 553 g/mol. The summed E-state index contributed by atoms with van der Waals surface area (Å²) in [5.41, 5.74) is 0.564. The van der Waals surface area contributed by atoms with Crippen LogP contribution in [0.15, 0.2) is 12.7 Å². The molecule has 1 amide bonds. The third kappa shape index (κ3) is 18.0. The van der Waals surface area contributed by atoms with Crippen LogP contribution in [0.25, 0.3) is 0 Å². The van der Waals surface area contributed by atoms with Gasteiger partial charge in [0.25, 0.3) is 0 Å². The van der Waals surface area contributed by atoms with Crippen molar-refractivity contribution in [3.63, 3.8) is 0 Å². The molecule has 0 aliphatic heterocycles. The predicted molar refractivity (Wildman–Crippen MR) is 174 cm³/mol. The molecule has 0 fully saturated rings. The minimum absolute atomic E-state index is 0.188. The number of nitrogens with zero attached hydrogens (tertiary/aromatic N) is 2. The van der Waals surface area contributed by atoms with E-state index in [-0.39, 0.29) is 5.41 Å². The molecule has 226 valence electrons. The van der Waals surface area contributed by atoms with Gasteiger partial charge in [-0.05, 0) is 56.4 Å². The van der Waals surface area contributed by atoms with Gasteiger partial charge in [-0.25, -0.2) is 0 Å². The number of rotatable bonds is 26. The quantitative estimate of drug-likeness (QED) is 0.0788. The number of carbonyl (C=O) groups is 1. The summed E-state index contributed by atoms with van der Waals surface area (Å²) in [7, 11) is 4.30. The summed E-state index contributed by atoms with van der Waals surface area (Å²) in [5.74, 6) is 1.48. The molecular weight excluding hydrogens is 484 g/mol. The van der Waals surface area contributed by atoms with Crippen molar-refractivity contribution in [2.45, 2.75) is 150 Å². The molecule has 2 unspecified atom stereocenters. The molecule has 0 aliphatic carbocycles. The molecule has 0 heterocycles. The molecule has 0 spiro atoms. The Morgan fingerprint density at radius 1 is 0.816 bits per heavy atom. The Bertz CT molecular complexity index is 581. The minimum Gasteiger partial charge on any atom is -0.338 e. The summed E-state index contributed by atoms with van der Waals surface area (Å²) in [4.78, 5) is 18.1. The van der Waals surface area contributed by atoms with Crippen molar-refractivity contribution >= 4 is 17.7 Å². The maximum atomic E-state index is 13.7. The highest BCUT2D eigenvalue weighted by molar-refractivity contribution is 8.00. The fraction of sp³-hybridized carbons (Fsp3) is 0.912. The van der Waals surface area contributed by atoms with Gasteiger partial charge in [0.15, 0.2) is 0 Å². The zero-order valence-corrected chi connectivity index (χ0v) is 28.0. The molecule has 0 saturated carbocycles. The Hall–Kier alpha value is -0.480. The molecule has 0 N–H and O–H groups in total. The van der Waals surface area contributed by atoms with E-state index >= 15 is 0 Å². The van der Waals surface area contributed by atoms with E-state index in [0.717, 1.165) is 19.5 Å². The topological polar surface area (TPSA) is 23.6 Å². The molecule has 0 aromatic carbocycles. The van der Waals surface area contributed by atoms with Gasteiger partial charge in [0.2, 0.25) is 5.91 Å². The second-order valence-corrected chi connectivity index (χ2v) is 14.3. The Morgan fingerprint density at radius 2 is 1.32 bits per heavy atom. The fourth-order valence-electron chi connectivity index (χ4n) is 5.49. The van der Waals surface area contributed by atoms with Crippen molar-refractivity contribution in [1.82, 2.24) is 9.80 Å². The smallest absolute Gasteiger partial charge is 0.224 e. The summed E-state index contributed by atoms with van der Waals surface area (Å²) >= 11 is 2.07. The first-order valence-electron chi connectivity index (χ1n) is 16.2. The van der Waals surface area contributed by atoms with E-state index in [1.807, 2.05) is 6.08 Å². The van der Waals surface area contributed by atoms with Crippen molar-refractivity contribution in [1.29, 1.82) is 0 Å². The minimum atomic E-state index is 0.188. The molecule has 2 atom stereocenters. The van der Waals surface area contributed by atoms with Gasteiger partial charge < -0.3 is 9.80 Å². The van der Waals surface area contributed by atoms with Crippen LogP contribution in [0.5, 0.6) is 0 Å². The third-order valence-corrected chi connectivity index (χ3v) is 10.1. The van der Waals surface area contributed by atoms with Gasteiger partial charge in [-0.15, -0.1) is 6.58 Å². The largest absolute Gasteiger partial charge is 0.338 e. The molecule has 0 aliphatic rings. The molecule has 38 heavy (non-hydrogen) atoms. The van der Waals surface area contributed by atoms with Crippen LogP contribution < -0.4 is 0 Å². The lowest BCUT2D eigenvalue weighted by Gasteiger charge is -2.36. The predicted octanol–water partition coefficient (Wildman–Crippen LogP) is 10.00. The molecule has 3 nitrogen and oxygen atoms in total. The number of hydrogen-bond donors (Lipinski definition) is 0. The second-order valence-electron chi connectivity index (χ2n) is 13.0. The van der Waals surface area contributed by atoms with E-state index in [0.29, 0.717) is 29.5 Å². The monoisotopic (exact) mass is 553 g/mol. The lowest BCUT2D eigenvalue weighted by Crippen LogP contribution is -2.42. The first kappa shape index (κ1) is 37.5. The highest BCUT2D eigenvalue weighted by Crippen LogP contribution is 2.37. The van der Waals surface area contributed by atoms with E-state index < -0.39 is 0 Å². The van der Waals surface area contributed by atoms with E-state index in [2.05, 4.69) is 83.8 Å². The number of hydrogen-bond acceptors (Lipinski definition) is 3. The standard InChI is InChI=1S/C34H68N2OS/c1-10-15-18-21-24-34(7,25-22-19-16-11-2)30-38-31(28-35(8)9)27-32(37)36(26-13-4)29-33(6,14-5)23-20-17-12-3/h13,31H,4,10-12,14-30H2,1-3,5-9H3. The highest BCUT2D eigenvalue weighted by Gasteiger charge is 2.30. The van der Waals surface area contributed by atoms with E-state index in [4.69, 9.17) is 0 Å². The summed E-state index contributed by atoms with van der Waals surface area (Å²) < 4.78 is 0. The normalized spacial score (nSPS) is 14.4.